The summed E-state index contributed by atoms with van der Waals surface area (Å²) in [5, 5.41) is 0.527. The summed E-state index contributed by atoms with van der Waals surface area (Å²) >= 11 is 7.79. The number of benzene rings is 2. The third kappa shape index (κ3) is 3.41. The van der Waals surface area contributed by atoms with Crippen LogP contribution < -0.4 is 4.74 Å². The second kappa shape index (κ2) is 6.58. The average molecular weight is 347 g/mol. The Morgan fingerprint density at radius 1 is 1.30 bits per heavy atom. The van der Waals surface area contributed by atoms with Crippen LogP contribution in [0.4, 0.5) is 0 Å². The van der Waals surface area contributed by atoms with Gasteiger partial charge in [-0.1, -0.05) is 43.6 Å². The van der Waals surface area contributed by atoms with Crippen molar-refractivity contribution in [2.45, 2.75) is 43.3 Å². The van der Waals surface area contributed by atoms with E-state index in [1.165, 1.54) is 10.5 Å². The molecule has 0 fully saturated rings. The van der Waals surface area contributed by atoms with Gasteiger partial charge in [0.2, 0.25) is 0 Å². The number of carbonyl (C=O) groups excluding carboxylic acids is 1. The predicted octanol–water partition coefficient (Wildman–Crippen LogP) is 5.39. The van der Waals surface area contributed by atoms with Gasteiger partial charge in [0.15, 0.2) is 0 Å². The monoisotopic (exact) mass is 346 g/mol. The maximum absolute atomic E-state index is 12.6. The molecule has 3 rings (SSSR count). The first-order valence-electron chi connectivity index (χ1n) is 7.72. The molecule has 0 N–H and O–H groups in total. The molecular weight excluding hydrogens is 328 g/mol. The fraction of sp³-hybridized carbons (Fsp3) is 0.316. The summed E-state index contributed by atoms with van der Waals surface area (Å²) < 4.78 is 5.74. The maximum Gasteiger partial charge on any atom is 0.325 e. The Kier molecular flexibility index (Phi) is 4.69. The van der Waals surface area contributed by atoms with E-state index in [1.807, 2.05) is 31.2 Å². The lowest BCUT2D eigenvalue weighted by Gasteiger charge is -2.16. The third-order valence-electron chi connectivity index (χ3n) is 4.03. The van der Waals surface area contributed by atoms with Crippen molar-refractivity contribution in [3.05, 3.63) is 58.1 Å². The molecule has 0 saturated carbocycles. The van der Waals surface area contributed by atoms with Crippen LogP contribution in [0.3, 0.4) is 0 Å². The largest absolute Gasteiger partial charge is 0.425 e. The lowest BCUT2D eigenvalue weighted by Crippen LogP contribution is -2.23. The number of halogens is 1. The molecule has 0 amide bonds. The fourth-order valence-electron chi connectivity index (χ4n) is 2.70. The molecule has 120 valence electrons. The summed E-state index contributed by atoms with van der Waals surface area (Å²) in [6.07, 6.45) is 0.725. The van der Waals surface area contributed by atoms with Crippen molar-refractivity contribution < 1.29 is 9.53 Å². The van der Waals surface area contributed by atoms with Gasteiger partial charge in [-0.15, -0.1) is 11.8 Å². The van der Waals surface area contributed by atoms with Gasteiger partial charge < -0.3 is 4.74 Å². The minimum atomic E-state index is -0.185. The SMILES string of the molecule is Cc1cc(OC(=O)C2Cc3ccccc3S2)c(C(C)C)cc1Cl. The van der Waals surface area contributed by atoms with Gasteiger partial charge >= 0.3 is 5.97 Å². The van der Waals surface area contributed by atoms with E-state index in [0.717, 1.165) is 17.5 Å². The second-order valence-electron chi connectivity index (χ2n) is 6.13. The predicted molar refractivity (Wildman–Crippen MR) is 95.7 cm³/mol. The summed E-state index contributed by atoms with van der Waals surface area (Å²) in [4.78, 5) is 13.8. The van der Waals surface area contributed by atoms with Gasteiger partial charge in [0.25, 0.3) is 0 Å². The summed E-state index contributed by atoms with van der Waals surface area (Å²) in [5.74, 6) is 0.683. The fourth-order valence-corrected chi connectivity index (χ4v) is 4.04. The minimum Gasteiger partial charge on any atom is -0.425 e. The number of hydrogen-bond acceptors (Lipinski definition) is 3. The molecule has 2 nitrogen and oxygen atoms in total. The Labute approximate surface area is 146 Å². The van der Waals surface area contributed by atoms with Crippen LogP contribution in [0.25, 0.3) is 0 Å². The summed E-state index contributed by atoms with van der Waals surface area (Å²) in [6.45, 7) is 6.06. The van der Waals surface area contributed by atoms with Crippen molar-refractivity contribution in [1.29, 1.82) is 0 Å². The zero-order valence-electron chi connectivity index (χ0n) is 13.4. The molecule has 1 aliphatic rings. The Bertz CT molecular complexity index is 730. The van der Waals surface area contributed by atoms with Crippen LogP contribution in [0, 0.1) is 6.92 Å². The van der Waals surface area contributed by atoms with Gasteiger partial charge in [-0.3, -0.25) is 4.79 Å². The average Bonchev–Trinajstić information content (AvgIpc) is 2.94. The summed E-state index contributed by atoms with van der Waals surface area (Å²) in [7, 11) is 0. The topological polar surface area (TPSA) is 26.3 Å². The molecular formula is C19H19ClO2S. The van der Waals surface area contributed by atoms with Crippen LogP contribution in [0.2, 0.25) is 5.02 Å². The van der Waals surface area contributed by atoms with Gasteiger partial charge in [0, 0.05) is 9.92 Å². The van der Waals surface area contributed by atoms with Crippen molar-refractivity contribution in [2.24, 2.45) is 0 Å². The first-order valence-corrected chi connectivity index (χ1v) is 8.97. The highest BCUT2D eigenvalue weighted by Gasteiger charge is 2.30. The molecule has 0 radical (unpaired) electrons. The van der Waals surface area contributed by atoms with Crippen LogP contribution >= 0.6 is 23.4 Å². The number of aryl methyl sites for hydroxylation is 1. The van der Waals surface area contributed by atoms with Crippen LogP contribution in [0.5, 0.6) is 5.75 Å². The highest BCUT2D eigenvalue weighted by atomic mass is 35.5. The summed E-state index contributed by atoms with van der Waals surface area (Å²) in [6, 6.07) is 11.9. The zero-order valence-corrected chi connectivity index (χ0v) is 15.0. The van der Waals surface area contributed by atoms with Crippen molar-refractivity contribution in [2.75, 3.05) is 0 Å². The number of thioether (sulfide) groups is 1. The lowest BCUT2D eigenvalue weighted by molar-refractivity contribution is -0.133. The quantitative estimate of drug-likeness (QED) is 0.550. The Morgan fingerprint density at radius 3 is 2.74 bits per heavy atom. The Morgan fingerprint density at radius 2 is 2.04 bits per heavy atom. The molecule has 0 spiro atoms. The normalized spacial score (nSPS) is 16.5. The number of carbonyl (C=O) groups is 1. The second-order valence-corrected chi connectivity index (χ2v) is 7.79. The van der Waals surface area contributed by atoms with Gasteiger partial charge in [0.05, 0.1) is 0 Å². The molecule has 1 atom stereocenters. The zero-order chi connectivity index (χ0) is 16.6. The molecule has 4 heteroatoms. The maximum atomic E-state index is 12.6. The van der Waals surface area contributed by atoms with Crippen LogP contribution in [-0.4, -0.2) is 11.2 Å². The van der Waals surface area contributed by atoms with Gasteiger partial charge in [-0.25, -0.2) is 0 Å². The minimum absolute atomic E-state index is 0.177. The van der Waals surface area contributed by atoms with Gasteiger partial charge in [-0.05, 0) is 54.2 Å². The van der Waals surface area contributed by atoms with E-state index in [1.54, 1.807) is 11.8 Å². The number of ether oxygens (including phenoxy) is 1. The van der Waals surface area contributed by atoms with Crippen LogP contribution in [0.15, 0.2) is 41.3 Å². The molecule has 2 aromatic carbocycles. The van der Waals surface area contributed by atoms with E-state index in [2.05, 4.69) is 26.0 Å². The summed E-state index contributed by atoms with van der Waals surface area (Å²) in [5.41, 5.74) is 3.10. The van der Waals surface area contributed by atoms with Gasteiger partial charge in [0.1, 0.15) is 11.0 Å². The van der Waals surface area contributed by atoms with E-state index in [9.17, 15) is 4.79 Å². The van der Waals surface area contributed by atoms with Crippen molar-refractivity contribution in [1.82, 2.24) is 0 Å². The van der Waals surface area contributed by atoms with Crippen LogP contribution in [-0.2, 0) is 11.2 Å². The third-order valence-corrected chi connectivity index (χ3v) is 5.74. The molecule has 0 saturated heterocycles. The Balaban J connectivity index is 1.80. The standard InChI is InChI=1S/C19H19ClO2S/c1-11(2)14-10-15(20)12(3)8-16(14)22-19(21)18-9-13-6-4-5-7-17(13)23-18/h4-8,10-11,18H,9H2,1-3H3. The molecule has 1 heterocycles. The van der Waals surface area contributed by atoms with Crippen molar-refractivity contribution >= 4 is 29.3 Å². The molecule has 0 aromatic heterocycles. The van der Waals surface area contributed by atoms with Gasteiger partial charge in [-0.2, -0.15) is 0 Å². The molecule has 0 aliphatic carbocycles. The Hall–Kier alpha value is -1.45. The van der Waals surface area contributed by atoms with E-state index < -0.39 is 0 Å². The number of hydrogen-bond donors (Lipinski definition) is 0. The smallest absolute Gasteiger partial charge is 0.325 e. The highest BCUT2D eigenvalue weighted by molar-refractivity contribution is 8.01. The molecule has 1 aliphatic heterocycles. The molecule has 0 bridgehead atoms. The number of esters is 1. The number of fused-ring (bicyclic) bond motifs is 1. The first kappa shape index (κ1) is 16.4. The number of rotatable bonds is 3. The molecule has 1 unspecified atom stereocenters. The van der Waals surface area contributed by atoms with E-state index in [4.69, 9.17) is 16.3 Å². The first-order chi connectivity index (χ1) is 11.0. The highest BCUT2D eigenvalue weighted by Crippen LogP contribution is 2.38. The molecule has 2 aromatic rings. The van der Waals surface area contributed by atoms with E-state index in [0.29, 0.717) is 10.8 Å². The molecule has 23 heavy (non-hydrogen) atoms. The van der Waals surface area contributed by atoms with Crippen molar-refractivity contribution in [3.8, 4) is 5.75 Å². The van der Waals surface area contributed by atoms with Crippen molar-refractivity contribution in [3.63, 3.8) is 0 Å². The van der Waals surface area contributed by atoms with E-state index in [-0.39, 0.29) is 17.1 Å². The van der Waals surface area contributed by atoms with Crippen LogP contribution in [0.1, 0.15) is 36.5 Å². The van der Waals surface area contributed by atoms with E-state index >= 15 is 0 Å². The lowest BCUT2D eigenvalue weighted by atomic mass is 10.0.